The molecule has 0 bridgehead atoms. The van der Waals surface area contributed by atoms with Crippen molar-refractivity contribution in [2.24, 2.45) is 11.7 Å². The third kappa shape index (κ3) is 3.27. The first-order chi connectivity index (χ1) is 9.13. The Labute approximate surface area is 117 Å². The second-order valence-electron chi connectivity index (χ2n) is 5.90. The molecule has 0 radical (unpaired) electrons. The van der Waals surface area contributed by atoms with Crippen LogP contribution in [0.5, 0.6) is 0 Å². The monoisotopic (exact) mass is 261 g/mol. The lowest BCUT2D eigenvalue weighted by molar-refractivity contribution is 0.321. The lowest BCUT2D eigenvalue weighted by Crippen LogP contribution is -2.39. The highest BCUT2D eigenvalue weighted by Crippen LogP contribution is 2.30. The maximum Gasteiger partial charge on any atom is 0.0572 e. The fraction of sp³-hybridized carbons (Fsp3) is 0.688. The van der Waals surface area contributed by atoms with Crippen molar-refractivity contribution in [1.29, 1.82) is 0 Å². The fourth-order valence-corrected chi connectivity index (χ4v) is 3.10. The van der Waals surface area contributed by atoms with Crippen LogP contribution in [0.15, 0.2) is 18.3 Å². The third-order valence-corrected chi connectivity index (χ3v) is 4.56. The number of rotatable bonds is 4. The van der Waals surface area contributed by atoms with Crippen LogP contribution < -0.4 is 10.6 Å². The first-order valence-electron chi connectivity index (χ1n) is 7.57. The van der Waals surface area contributed by atoms with Gasteiger partial charge < -0.3 is 10.6 Å². The van der Waals surface area contributed by atoms with Crippen LogP contribution in [0.3, 0.4) is 0 Å². The third-order valence-electron chi connectivity index (χ3n) is 4.56. The molecule has 2 rings (SSSR count). The van der Waals surface area contributed by atoms with E-state index < -0.39 is 0 Å². The minimum absolute atomic E-state index is 0.0629. The van der Waals surface area contributed by atoms with Gasteiger partial charge in [0, 0.05) is 19.1 Å². The van der Waals surface area contributed by atoms with Gasteiger partial charge in [-0.3, -0.25) is 4.98 Å². The first kappa shape index (κ1) is 14.3. The molecule has 2 N–H and O–H groups in total. The van der Waals surface area contributed by atoms with E-state index in [1.165, 1.54) is 31.4 Å². The molecular formula is C16H27N3. The minimum atomic E-state index is 0.0629. The van der Waals surface area contributed by atoms with E-state index in [4.69, 9.17) is 5.73 Å². The number of nitrogens with zero attached hydrogens (tertiary/aromatic N) is 2. The summed E-state index contributed by atoms with van der Waals surface area (Å²) in [4.78, 5) is 6.92. The molecule has 1 fully saturated rings. The summed E-state index contributed by atoms with van der Waals surface area (Å²) in [5, 5.41) is 0. The molecule has 1 aliphatic carbocycles. The number of anilines is 1. The summed E-state index contributed by atoms with van der Waals surface area (Å²) in [5.41, 5.74) is 8.22. The van der Waals surface area contributed by atoms with Crippen LogP contribution in [0.4, 0.5) is 5.69 Å². The summed E-state index contributed by atoms with van der Waals surface area (Å²) in [5.74, 6) is 0.774. The largest absolute Gasteiger partial charge is 0.370 e. The van der Waals surface area contributed by atoms with E-state index in [2.05, 4.69) is 42.9 Å². The number of aromatic nitrogens is 1. The maximum absolute atomic E-state index is 6.01. The topological polar surface area (TPSA) is 42.1 Å². The molecule has 0 saturated heterocycles. The zero-order valence-electron chi connectivity index (χ0n) is 12.5. The summed E-state index contributed by atoms with van der Waals surface area (Å²) in [6, 6.07) is 4.96. The smallest absolute Gasteiger partial charge is 0.0572 e. The van der Waals surface area contributed by atoms with Gasteiger partial charge in [0.1, 0.15) is 0 Å². The SMILES string of the molecule is CCC(N)c1ccc(N(C)C2CCCCC2C)cn1. The second kappa shape index (κ2) is 6.38. The van der Waals surface area contributed by atoms with Crippen LogP contribution in [0.2, 0.25) is 0 Å². The Hall–Kier alpha value is -1.09. The first-order valence-corrected chi connectivity index (χ1v) is 7.57. The van der Waals surface area contributed by atoms with Crippen LogP contribution in [-0.2, 0) is 0 Å². The molecule has 1 saturated carbocycles. The summed E-state index contributed by atoms with van der Waals surface area (Å²) in [6.07, 6.45) is 8.29. The summed E-state index contributed by atoms with van der Waals surface area (Å²) >= 11 is 0. The zero-order chi connectivity index (χ0) is 13.8. The Morgan fingerprint density at radius 3 is 2.68 bits per heavy atom. The molecule has 0 spiro atoms. The van der Waals surface area contributed by atoms with Gasteiger partial charge in [-0.2, -0.15) is 0 Å². The lowest BCUT2D eigenvalue weighted by Gasteiger charge is -2.37. The van der Waals surface area contributed by atoms with Crippen LogP contribution in [0, 0.1) is 5.92 Å². The highest BCUT2D eigenvalue weighted by molar-refractivity contribution is 5.45. The fourth-order valence-electron chi connectivity index (χ4n) is 3.10. The van der Waals surface area contributed by atoms with Crippen LogP contribution in [0.25, 0.3) is 0 Å². The standard InChI is InChI=1S/C16H27N3/c1-4-14(17)15-10-9-13(11-18-15)19(3)16-8-6-5-7-12(16)2/h9-12,14,16H,4-8,17H2,1-3H3. The van der Waals surface area contributed by atoms with E-state index in [1.807, 2.05) is 6.20 Å². The van der Waals surface area contributed by atoms with Gasteiger partial charge in [0.15, 0.2) is 0 Å². The molecule has 3 unspecified atom stereocenters. The average molecular weight is 261 g/mol. The Morgan fingerprint density at radius 1 is 1.37 bits per heavy atom. The van der Waals surface area contributed by atoms with Crippen molar-refractivity contribution in [1.82, 2.24) is 4.98 Å². The highest BCUT2D eigenvalue weighted by Gasteiger charge is 2.25. The summed E-state index contributed by atoms with van der Waals surface area (Å²) in [7, 11) is 2.20. The van der Waals surface area contributed by atoms with Crippen LogP contribution in [0.1, 0.15) is 57.7 Å². The molecule has 1 heterocycles. The van der Waals surface area contributed by atoms with Crippen molar-refractivity contribution >= 4 is 5.69 Å². The zero-order valence-corrected chi connectivity index (χ0v) is 12.5. The highest BCUT2D eigenvalue weighted by atomic mass is 15.1. The van der Waals surface area contributed by atoms with Gasteiger partial charge in [-0.15, -0.1) is 0 Å². The molecule has 106 valence electrons. The Balaban J connectivity index is 2.08. The summed E-state index contributed by atoms with van der Waals surface area (Å²) in [6.45, 7) is 4.46. The van der Waals surface area contributed by atoms with Gasteiger partial charge in [-0.05, 0) is 37.3 Å². The minimum Gasteiger partial charge on any atom is -0.370 e. The molecule has 0 aliphatic heterocycles. The van der Waals surface area contributed by atoms with Crippen molar-refractivity contribution in [3.63, 3.8) is 0 Å². The van der Waals surface area contributed by atoms with Gasteiger partial charge in [0.2, 0.25) is 0 Å². The number of hydrogen-bond acceptors (Lipinski definition) is 3. The number of pyridine rings is 1. The molecule has 1 aromatic heterocycles. The Kier molecular flexibility index (Phi) is 4.81. The van der Waals surface area contributed by atoms with E-state index in [9.17, 15) is 0 Å². The molecule has 1 aromatic rings. The van der Waals surface area contributed by atoms with Crippen molar-refractivity contribution < 1.29 is 0 Å². The number of nitrogens with two attached hydrogens (primary N) is 1. The molecule has 3 atom stereocenters. The van der Waals surface area contributed by atoms with E-state index in [0.29, 0.717) is 6.04 Å². The van der Waals surface area contributed by atoms with Crippen LogP contribution in [-0.4, -0.2) is 18.1 Å². The molecular weight excluding hydrogens is 234 g/mol. The van der Waals surface area contributed by atoms with Gasteiger partial charge in [0.25, 0.3) is 0 Å². The second-order valence-corrected chi connectivity index (χ2v) is 5.90. The van der Waals surface area contributed by atoms with Crippen LogP contribution >= 0.6 is 0 Å². The average Bonchev–Trinajstić information content (AvgIpc) is 2.46. The van der Waals surface area contributed by atoms with Crippen molar-refractivity contribution in [3.05, 3.63) is 24.0 Å². The number of hydrogen-bond donors (Lipinski definition) is 1. The van der Waals surface area contributed by atoms with E-state index in [-0.39, 0.29) is 6.04 Å². The Morgan fingerprint density at radius 2 is 2.11 bits per heavy atom. The normalized spacial score (nSPS) is 25.1. The van der Waals surface area contributed by atoms with Crippen molar-refractivity contribution in [2.45, 2.75) is 58.0 Å². The van der Waals surface area contributed by atoms with Crippen molar-refractivity contribution in [2.75, 3.05) is 11.9 Å². The van der Waals surface area contributed by atoms with Crippen molar-refractivity contribution in [3.8, 4) is 0 Å². The molecule has 1 aliphatic rings. The van der Waals surface area contributed by atoms with Gasteiger partial charge in [-0.1, -0.05) is 26.7 Å². The molecule has 3 heteroatoms. The van der Waals surface area contributed by atoms with E-state index in [1.54, 1.807) is 0 Å². The van der Waals surface area contributed by atoms with Gasteiger partial charge in [-0.25, -0.2) is 0 Å². The predicted octanol–water partition coefficient (Wildman–Crippen LogP) is 3.51. The van der Waals surface area contributed by atoms with E-state index >= 15 is 0 Å². The quantitative estimate of drug-likeness (QED) is 0.902. The predicted molar refractivity (Wildman–Crippen MR) is 81.3 cm³/mol. The maximum atomic E-state index is 6.01. The molecule has 0 aromatic carbocycles. The van der Waals surface area contributed by atoms with Gasteiger partial charge >= 0.3 is 0 Å². The molecule has 19 heavy (non-hydrogen) atoms. The lowest BCUT2D eigenvalue weighted by atomic mass is 9.85. The Bertz CT molecular complexity index is 387. The van der Waals surface area contributed by atoms with Gasteiger partial charge in [0.05, 0.1) is 17.6 Å². The molecule has 3 nitrogen and oxygen atoms in total. The summed E-state index contributed by atoms with van der Waals surface area (Å²) < 4.78 is 0. The molecule has 0 amide bonds. The van der Waals surface area contributed by atoms with E-state index in [0.717, 1.165) is 18.0 Å².